The zero-order valence-corrected chi connectivity index (χ0v) is 13.8. The van der Waals surface area contributed by atoms with E-state index in [0.717, 1.165) is 16.6 Å². The molecular formula is C17H21BrN2. The van der Waals surface area contributed by atoms with E-state index in [-0.39, 0.29) is 6.04 Å². The van der Waals surface area contributed by atoms with Gasteiger partial charge in [-0.25, -0.2) is 0 Å². The minimum absolute atomic E-state index is 0.0507. The summed E-state index contributed by atoms with van der Waals surface area (Å²) in [6, 6.07) is 15.0. The quantitative estimate of drug-likeness (QED) is 0.859. The Labute approximate surface area is 129 Å². The van der Waals surface area contributed by atoms with E-state index in [0.29, 0.717) is 0 Å². The third-order valence-corrected chi connectivity index (χ3v) is 4.09. The van der Waals surface area contributed by atoms with Gasteiger partial charge in [0.2, 0.25) is 0 Å². The van der Waals surface area contributed by atoms with Crippen molar-refractivity contribution in [3.05, 3.63) is 58.1 Å². The number of benzene rings is 2. The van der Waals surface area contributed by atoms with Crippen LogP contribution in [0, 0.1) is 6.92 Å². The monoisotopic (exact) mass is 332 g/mol. The van der Waals surface area contributed by atoms with Gasteiger partial charge in [0, 0.05) is 22.7 Å². The minimum atomic E-state index is 0.0507. The summed E-state index contributed by atoms with van der Waals surface area (Å²) in [7, 11) is 0. The molecule has 0 radical (unpaired) electrons. The molecule has 0 aliphatic rings. The van der Waals surface area contributed by atoms with Crippen LogP contribution in [-0.2, 0) is 0 Å². The van der Waals surface area contributed by atoms with Crippen LogP contribution in [0.3, 0.4) is 0 Å². The van der Waals surface area contributed by atoms with Crippen LogP contribution in [0.1, 0.15) is 31.0 Å². The van der Waals surface area contributed by atoms with Gasteiger partial charge < -0.3 is 10.6 Å². The first-order valence-electron chi connectivity index (χ1n) is 6.92. The molecule has 3 heteroatoms. The normalized spacial score (nSPS) is 12.2. The van der Waals surface area contributed by atoms with Crippen molar-refractivity contribution in [2.45, 2.75) is 26.8 Å². The maximum absolute atomic E-state index is 5.93. The van der Waals surface area contributed by atoms with Crippen molar-refractivity contribution in [2.75, 3.05) is 11.4 Å². The first-order chi connectivity index (χ1) is 9.52. The molecule has 1 atom stereocenters. The van der Waals surface area contributed by atoms with Gasteiger partial charge in [-0.3, -0.25) is 0 Å². The lowest BCUT2D eigenvalue weighted by atomic mass is 10.1. The summed E-state index contributed by atoms with van der Waals surface area (Å²) in [6.45, 7) is 7.18. The van der Waals surface area contributed by atoms with Crippen molar-refractivity contribution < 1.29 is 0 Å². The van der Waals surface area contributed by atoms with Crippen LogP contribution in [0.2, 0.25) is 0 Å². The van der Waals surface area contributed by atoms with Gasteiger partial charge in [0.05, 0.1) is 5.69 Å². The zero-order chi connectivity index (χ0) is 14.7. The van der Waals surface area contributed by atoms with Crippen molar-refractivity contribution in [1.82, 2.24) is 0 Å². The first-order valence-corrected chi connectivity index (χ1v) is 7.71. The van der Waals surface area contributed by atoms with Crippen molar-refractivity contribution in [3.8, 4) is 0 Å². The van der Waals surface area contributed by atoms with E-state index in [1.54, 1.807) is 0 Å². The van der Waals surface area contributed by atoms with Gasteiger partial charge in [-0.1, -0.05) is 23.8 Å². The third kappa shape index (κ3) is 3.22. The van der Waals surface area contributed by atoms with Gasteiger partial charge in [-0.15, -0.1) is 0 Å². The average molecular weight is 333 g/mol. The number of rotatable bonds is 4. The fourth-order valence-electron chi connectivity index (χ4n) is 2.24. The topological polar surface area (TPSA) is 29.3 Å². The summed E-state index contributed by atoms with van der Waals surface area (Å²) in [6.07, 6.45) is 0. The lowest BCUT2D eigenvalue weighted by molar-refractivity contribution is 0.817. The Bertz CT molecular complexity index is 576. The maximum Gasteiger partial charge on any atom is 0.0555 e. The van der Waals surface area contributed by atoms with Gasteiger partial charge in [0.1, 0.15) is 0 Å². The predicted octanol–water partition coefficient (Wildman–Crippen LogP) is 4.94. The fraction of sp³-hybridized carbons (Fsp3) is 0.294. The van der Waals surface area contributed by atoms with Crippen LogP contribution in [0.25, 0.3) is 0 Å². The molecule has 0 bridgehead atoms. The van der Waals surface area contributed by atoms with E-state index in [2.05, 4.69) is 77.1 Å². The second-order valence-corrected chi connectivity index (χ2v) is 5.93. The van der Waals surface area contributed by atoms with Crippen LogP contribution in [0.4, 0.5) is 11.4 Å². The molecule has 0 aliphatic carbocycles. The van der Waals surface area contributed by atoms with Crippen molar-refractivity contribution in [1.29, 1.82) is 0 Å². The highest BCUT2D eigenvalue weighted by Gasteiger charge is 2.12. The van der Waals surface area contributed by atoms with Crippen molar-refractivity contribution in [3.63, 3.8) is 0 Å². The van der Waals surface area contributed by atoms with E-state index in [9.17, 15) is 0 Å². The molecule has 0 spiro atoms. The van der Waals surface area contributed by atoms with E-state index in [1.165, 1.54) is 16.9 Å². The Morgan fingerprint density at radius 1 is 1.15 bits per heavy atom. The summed E-state index contributed by atoms with van der Waals surface area (Å²) in [5, 5.41) is 0. The highest BCUT2D eigenvalue weighted by atomic mass is 79.9. The molecule has 2 aromatic carbocycles. The van der Waals surface area contributed by atoms with E-state index < -0.39 is 0 Å². The molecule has 0 heterocycles. The molecule has 0 aliphatic heterocycles. The number of nitrogens with two attached hydrogens (primary N) is 1. The summed E-state index contributed by atoms with van der Waals surface area (Å²) in [5.41, 5.74) is 10.7. The van der Waals surface area contributed by atoms with E-state index in [4.69, 9.17) is 5.73 Å². The van der Waals surface area contributed by atoms with Crippen LogP contribution in [0.15, 0.2) is 46.9 Å². The minimum Gasteiger partial charge on any atom is -0.341 e. The number of anilines is 2. The van der Waals surface area contributed by atoms with Crippen LogP contribution in [0.5, 0.6) is 0 Å². The summed E-state index contributed by atoms with van der Waals surface area (Å²) >= 11 is 3.67. The molecule has 2 aromatic rings. The summed E-state index contributed by atoms with van der Waals surface area (Å²) < 4.78 is 1.08. The number of hydrogen-bond donors (Lipinski definition) is 1. The Balaban J connectivity index is 2.39. The SMILES string of the molecule is CCN(c1ccc(C)cc1)c1ccc([C@@H](C)N)cc1Br. The van der Waals surface area contributed by atoms with Crippen molar-refractivity contribution >= 4 is 27.3 Å². The number of nitrogens with zero attached hydrogens (tertiary/aromatic N) is 1. The Hall–Kier alpha value is -1.32. The molecule has 0 amide bonds. The van der Waals surface area contributed by atoms with Gasteiger partial charge in [-0.05, 0) is 66.5 Å². The summed E-state index contributed by atoms with van der Waals surface area (Å²) in [4.78, 5) is 2.29. The van der Waals surface area contributed by atoms with Crippen LogP contribution < -0.4 is 10.6 Å². The predicted molar refractivity (Wildman–Crippen MR) is 90.6 cm³/mol. The van der Waals surface area contributed by atoms with E-state index in [1.807, 2.05) is 6.92 Å². The second kappa shape index (κ2) is 6.42. The first kappa shape index (κ1) is 15.1. The highest BCUT2D eigenvalue weighted by molar-refractivity contribution is 9.10. The van der Waals surface area contributed by atoms with Crippen LogP contribution in [-0.4, -0.2) is 6.54 Å². The Morgan fingerprint density at radius 2 is 1.80 bits per heavy atom. The largest absolute Gasteiger partial charge is 0.341 e. The number of halogens is 1. The molecule has 0 unspecified atom stereocenters. The third-order valence-electron chi connectivity index (χ3n) is 3.45. The molecule has 0 saturated heterocycles. The Kier molecular flexibility index (Phi) is 4.84. The van der Waals surface area contributed by atoms with Crippen LogP contribution >= 0.6 is 15.9 Å². The standard InChI is InChI=1S/C17H21BrN2/c1-4-20(15-8-5-12(2)6-9-15)17-10-7-14(13(3)19)11-16(17)18/h5-11,13H,4,19H2,1-3H3/t13-/m1/s1. The zero-order valence-electron chi connectivity index (χ0n) is 12.2. The molecule has 2 nitrogen and oxygen atoms in total. The summed E-state index contributed by atoms with van der Waals surface area (Å²) in [5.74, 6) is 0. The smallest absolute Gasteiger partial charge is 0.0555 e. The lowest BCUT2D eigenvalue weighted by Crippen LogP contribution is -2.17. The molecule has 2 N–H and O–H groups in total. The number of hydrogen-bond acceptors (Lipinski definition) is 2. The molecule has 0 fully saturated rings. The molecule has 20 heavy (non-hydrogen) atoms. The molecule has 0 saturated carbocycles. The van der Waals surface area contributed by atoms with Gasteiger partial charge in [-0.2, -0.15) is 0 Å². The van der Waals surface area contributed by atoms with Crippen molar-refractivity contribution in [2.24, 2.45) is 5.73 Å². The van der Waals surface area contributed by atoms with Gasteiger partial charge >= 0.3 is 0 Å². The lowest BCUT2D eigenvalue weighted by Gasteiger charge is -2.25. The highest BCUT2D eigenvalue weighted by Crippen LogP contribution is 2.33. The maximum atomic E-state index is 5.93. The van der Waals surface area contributed by atoms with Gasteiger partial charge in [0.15, 0.2) is 0 Å². The Morgan fingerprint density at radius 3 is 2.30 bits per heavy atom. The molecular weight excluding hydrogens is 312 g/mol. The van der Waals surface area contributed by atoms with E-state index >= 15 is 0 Å². The molecule has 2 rings (SSSR count). The second-order valence-electron chi connectivity index (χ2n) is 5.08. The fourth-order valence-corrected chi connectivity index (χ4v) is 2.85. The number of aryl methyl sites for hydroxylation is 1. The molecule has 0 aromatic heterocycles. The van der Waals surface area contributed by atoms with Gasteiger partial charge in [0.25, 0.3) is 0 Å². The molecule has 106 valence electrons. The average Bonchev–Trinajstić information content (AvgIpc) is 2.43.